The van der Waals surface area contributed by atoms with E-state index in [4.69, 9.17) is 17.0 Å². The van der Waals surface area contributed by atoms with Crippen molar-refractivity contribution in [2.75, 3.05) is 0 Å². The third kappa shape index (κ3) is 5.48. The predicted octanol–water partition coefficient (Wildman–Crippen LogP) is 7.83. The zero-order chi connectivity index (χ0) is 21.8. The van der Waals surface area contributed by atoms with Gasteiger partial charge in [-0.1, -0.05) is 86.7 Å². The molecule has 0 aliphatic heterocycles. The molecule has 0 heterocycles. The third-order valence-corrected chi connectivity index (χ3v) is 5.52. The molecule has 0 spiro atoms. The van der Waals surface area contributed by atoms with E-state index >= 15 is 0 Å². The van der Waals surface area contributed by atoms with Crippen molar-refractivity contribution in [1.29, 1.82) is 0 Å². The van der Waals surface area contributed by atoms with Gasteiger partial charge in [0.25, 0.3) is 0 Å². The average Bonchev–Trinajstić information content (AvgIpc) is 3.36. The molecule has 3 heteroatoms. The Morgan fingerprint density at radius 3 is 1.35 bits per heavy atom. The molecule has 0 amide bonds. The predicted molar refractivity (Wildman–Crippen MR) is 129 cm³/mol. The zero-order valence-corrected chi connectivity index (χ0v) is 21.5. The van der Waals surface area contributed by atoms with Gasteiger partial charge in [0, 0.05) is 23.7 Å². The second-order valence-electron chi connectivity index (χ2n) is 7.72. The number of halogens is 2. The Morgan fingerprint density at radius 1 is 0.548 bits per heavy atom. The molecule has 4 aliphatic rings. The van der Waals surface area contributed by atoms with Crippen molar-refractivity contribution in [3.63, 3.8) is 0 Å². The fourth-order valence-electron chi connectivity index (χ4n) is 4.23. The Hall–Kier alpha value is -0.617. The molecule has 150 valence electrons. The van der Waals surface area contributed by atoms with Crippen LogP contribution in [-0.4, -0.2) is 0 Å². The zero-order valence-electron chi connectivity index (χ0n) is 17.5. The molecule has 4 aliphatic carbocycles. The number of rotatable bonds is 0. The van der Waals surface area contributed by atoms with Crippen molar-refractivity contribution in [2.24, 2.45) is 0 Å². The number of allylic oxidation sites excluding steroid dienone is 2. The molecule has 31 heavy (non-hydrogen) atoms. The SMILES string of the molecule is C[C]1[CH][C]2C=Cc3ccccc3[C]2[CH]1.C[C]1[CH][C]2C=Cc3ccccc3[C]2[CH]1.[Cl][Zr+2][Cl]. The summed E-state index contributed by atoms with van der Waals surface area (Å²) < 4.78 is 0. The number of benzene rings is 2. The van der Waals surface area contributed by atoms with E-state index in [1.807, 2.05) is 0 Å². The summed E-state index contributed by atoms with van der Waals surface area (Å²) in [7, 11) is 9.87. The van der Waals surface area contributed by atoms with Gasteiger partial charge in [-0.2, -0.15) is 0 Å². The standard InChI is InChI=1S/2C14H11.2ClH.Zr/c2*1-10-8-12-7-6-11-4-2-3-5-13(11)14(12)9-10;;;/h2*2-9H,1H3;2*1H;/q;;;;+4/p-2. The van der Waals surface area contributed by atoms with Crippen molar-refractivity contribution >= 4 is 29.2 Å². The second kappa shape index (κ2) is 11.0. The molecule has 0 aromatic heterocycles. The molecular formula is C28H22Cl2Zr+2. The first-order chi connectivity index (χ1) is 15.1. The van der Waals surface area contributed by atoms with Gasteiger partial charge in [-0.15, -0.1) is 0 Å². The summed E-state index contributed by atoms with van der Waals surface area (Å²) in [5.74, 6) is 8.14. The van der Waals surface area contributed by atoms with E-state index < -0.39 is 20.8 Å². The Balaban J connectivity index is 0.000000133. The van der Waals surface area contributed by atoms with Crippen molar-refractivity contribution in [3.8, 4) is 0 Å². The van der Waals surface area contributed by atoms with Gasteiger partial charge < -0.3 is 0 Å². The minimum atomic E-state index is -0.826. The van der Waals surface area contributed by atoms with Crippen molar-refractivity contribution in [2.45, 2.75) is 13.8 Å². The van der Waals surface area contributed by atoms with Gasteiger partial charge in [-0.05, 0) is 59.8 Å². The van der Waals surface area contributed by atoms with E-state index in [1.54, 1.807) is 0 Å². The van der Waals surface area contributed by atoms with Crippen LogP contribution in [0.4, 0.5) is 0 Å². The molecule has 0 saturated heterocycles. The molecule has 0 unspecified atom stereocenters. The van der Waals surface area contributed by atoms with Gasteiger partial charge in [0.05, 0.1) is 0 Å². The molecule has 6 rings (SSSR count). The van der Waals surface area contributed by atoms with Crippen LogP contribution in [-0.2, 0) is 20.8 Å². The van der Waals surface area contributed by atoms with Crippen molar-refractivity contribution in [3.05, 3.63) is 144 Å². The second-order valence-corrected chi connectivity index (χ2v) is 11.4. The van der Waals surface area contributed by atoms with Gasteiger partial charge in [-0.3, -0.25) is 0 Å². The van der Waals surface area contributed by atoms with Crippen LogP contribution in [0, 0.1) is 61.2 Å². The van der Waals surface area contributed by atoms with E-state index in [1.165, 1.54) is 57.8 Å². The van der Waals surface area contributed by atoms with E-state index in [0.717, 1.165) is 0 Å². The first-order valence-corrected chi connectivity index (χ1v) is 16.5. The van der Waals surface area contributed by atoms with Crippen LogP contribution in [0.1, 0.15) is 36.1 Å². The maximum atomic E-state index is 4.93. The van der Waals surface area contributed by atoms with E-state index in [2.05, 4.69) is 112 Å². The van der Waals surface area contributed by atoms with Gasteiger partial charge in [-0.25, -0.2) is 0 Å². The molecule has 10 radical (unpaired) electrons. The summed E-state index contributed by atoms with van der Waals surface area (Å²) in [5, 5.41) is 0. The fraction of sp³-hybridized carbons (Fsp3) is 0.0714. The Kier molecular flexibility index (Phi) is 8.35. The molecule has 2 saturated carbocycles. The first-order valence-electron chi connectivity index (χ1n) is 10.2. The average molecular weight is 521 g/mol. The summed E-state index contributed by atoms with van der Waals surface area (Å²) in [5.41, 5.74) is 5.37. The van der Waals surface area contributed by atoms with Gasteiger partial charge >= 0.3 is 37.9 Å². The van der Waals surface area contributed by atoms with Crippen LogP contribution in [0.15, 0.2) is 60.7 Å². The van der Waals surface area contributed by atoms with E-state index in [0.29, 0.717) is 0 Å². The van der Waals surface area contributed by atoms with Crippen LogP contribution < -0.4 is 0 Å². The van der Waals surface area contributed by atoms with Gasteiger partial charge in [0.1, 0.15) is 0 Å². The molecular weight excluding hydrogens is 498 g/mol. The number of hydrogen-bond donors (Lipinski definition) is 0. The van der Waals surface area contributed by atoms with Gasteiger partial charge in [0.2, 0.25) is 0 Å². The molecule has 2 fully saturated rings. The number of hydrogen-bond acceptors (Lipinski definition) is 0. The van der Waals surface area contributed by atoms with E-state index in [-0.39, 0.29) is 0 Å². The molecule has 2 aromatic carbocycles. The van der Waals surface area contributed by atoms with Crippen LogP contribution >= 0.6 is 17.0 Å². The molecule has 2 aromatic rings. The maximum absolute atomic E-state index is 4.93. The van der Waals surface area contributed by atoms with Crippen LogP contribution in [0.5, 0.6) is 0 Å². The first kappa shape index (κ1) is 23.5. The minimum absolute atomic E-state index is 0.826. The van der Waals surface area contributed by atoms with Crippen molar-refractivity contribution < 1.29 is 20.8 Å². The molecule has 0 N–H and O–H groups in total. The number of fused-ring (bicyclic) bond motifs is 6. The summed E-state index contributed by atoms with van der Waals surface area (Å²) in [6, 6.07) is 17.1. The topological polar surface area (TPSA) is 0 Å². The summed E-state index contributed by atoms with van der Waals surface area (Å²) >= 11 is -0.826. The third-order valence-electron chi connectivity index (χ3n) is 5.52. The molecule has 0 atom stereocenters. The summed E-state index contributed by atoms with van der Waals surface area (Å²) in [6.45, 7) is 4.30. The Morgan fingerprint density at radius 2 is 0.935 bits per heavy atom. The van der Waals surface area contributed by atoms with Crippen LogP contribution in [0.3, 0.4) is 0 Å². The van der Waals surface area contributed by atoms with Crippen LogP contribution in [0.25, 0.3) is 12.2 Å². The van der Waals surface area contributed by atoms with E-state index in [9.17, 15) is 0 Å². The fourth-order valence-corrected chi connectivity index (χ4v) is 4.23. The van der Waals surface area contributed by atoms with Crippen molar-refractivity contribution in [1.82, 2.24) is 0 Å². The monoisotopic (exact) mass is 518 g/mol. The summed E-state index contributed by atoms with van der Waals surface area (Å²) in [4.78, 5) is 0. The Labute approximate surface area is 206 Å². The molecule has 0 nitrogen and oxygen atoms in total. The van der Waals surface area contributed by atoms with Crippen LogP contribution in [0.2, 0.25) is 0 Å². The summed E-state index contributed by atoms with van der Waals surface area (Å²) in [6.07, 6.45) is 17.8. The molecule has 0 bridgehead atoms. The van der Waals surface area contributed by atoms with Gasteiger partial charge in [0.15, 0.2) is 0 Å². The Bertz CT molecular complexity index is 859. The quantitative estimate of drug-likeness (QED) is 0.332. The normalized spacial score (nSPS) is 20.5.